The van der Waals surface area contributed by atoms with Crippen LogP contribution in [0.1, 0.15) is 24.3 Å². The normalized spacial score (nSPS) is 20.4. The molecule has 1 fully saturated rings. The minimum atomic E-state index is -0.810. The van der Waals surface area contributed by atoms with Crippen LogP contribution in [-0.2, 0) is 0 Å². The van der Waals surface area contributed by atoms with Gasteiger partial charge in [-0.3, -0.25) is 0 Å². The second-order valence-electron chi connectivity index (χ2n) is 4.15. The highest BCUT2D eigenvalue weighted by Crippen LogP contribution is 2.37. The minimum absolute atomic E-state index is 0.0603. The van der Waals surface area contributed by atoms with Gasteiger partial charge >= 0.3 is 0 Å². The van der Waals surface area contributed by atoms with Crippen LogP contribution in [0.2, 0.25) is 5.02 Å². The van der Waals surface area contributed by atoms with E-state index in [1.54, 1.807) is 0 Å². The van der Waals surface area contributed by atoms with E-state index in [2.05, 4.69) is 5.32 Å². The van der Waals surface area contributed by atoms with Gasteiger partial charge in [0.2, 0.25) is 0 Å². The molecule has 1 N–H and O–H groups in total. The molecule has 2 nitrogen and oxygen atoms in total. The first kappa shape index (κ1) is 12.6. The van der Waals surface area contributed by atoms with Gasteiger partial charge in [0.1, 0.15) is 10.8 Å². The van der Waals surface area contributed by atoms with Gasteiger partial charge < -0.3 is 10.1 Å². The first-order chi connectivity index (χ1) is 8.15. The molecular formula is C12H14ClF2NO. The van der Waals surface area contributed by atoms with Crippen LogP contribution in [-0.4, -0.2) is 20.2 Å². The summed E-state index contributed by atoms with van der Waals surface area (Å²) in [6.45, 7) is 1.65. The van der Waals surface area contributed by atoms with Crippen molar-refractivity contribution in [3.63, 3.8) is 0 Å². The van der Waals surface area contributed by atoms with Crippen molar-refractivity contribution in [1.82, 2.24) is 5.32 Å². The Balaban J connectivity index is 2.44. The number of rotatable bonds is 2. The summed E-state index contributed by atoms with van der Waals surface area (Å²) in [7, 11) is 1.37. The van der Waals surface area contributed by atoms with E-state index >= 15 is 0 Å². The number of ether oxygens (including phenoxy) is 1. The Kier molecular flexibility index (Phi) is 3.84. The minimum Gasteiger partial charge on any atom is -0.493 e. The van der Waals surface area contributed by atoms with E-state index in [1.807, 2.05) is 0 Å². The molecule has 1 heterocycles. The number of benzene rings is 1. The highest BCUT2D eigenvalue weighted by atomic mass is 35.5. The average molecular weight is 262 g/mol. The Morgan fingerprint density at radius 2 is 2.24 bits per heavy atom. The maximum Gasteiger partial charge on any atom is 0.186 e. The third-order valence-corrected chi connectivity index (χ3v) is 3.43. The molecule has 1 saturated heterocycles. The largest absolute Gasteiger partial charge is 0.493 e. The van der Waals surface area contributed by atoms with Crippen molar-refractivity contribution in [3.05, 3.63) is 28.3 Å². The van der Waals surface area contributed by atoms with Crippen LogP contribution in [0.3, 0.4) is 0 Å². The van der Waals surface area contributed by atoms with Gasteiger partial charge in [-0.25, -0.2) is 8.78 Å². The predicted octanol–water partition coefficient (Wildman–Crippen LogP) is 3.09. The molecule has 1 atom stereocenters. The highest BCUT2D eigenvalue weighted by Gasteiger charge is 2.24. The Bertz CT molecular complexity index is 419. The fourth-order valence-corrected chi connectivity index (χ4v) is 2.37. The monoisotopic (exact) mass is 261 g/mol. The lowest BCUT2D eigenvalue weighted by molar-refractivity contribution is 0.365. The zero-order valence-corrected chi connectivity index (χ0v) is 10.3. The molecule has 0 spiro atoms. The lowest BCUT2D eigenvalue weighted by atomic mass is 9.90. The van der Waals surface area contributed by atoms with E-state index in [4.69, 9.17) is 16.3 Å². The number of nitrogens with one attached hydrogen (secondary N) is 1. The lowest BCUT2D eigenvalue weighted by Gasteiger charge is -2.25. The molecule has 1 aromatic carbocycles. The third-order valence-electron chi connectivity index (χ3n) is 3.09. The second kappa shape index (κ2) is 5.19. The van der Waals surface area contributed by atoms with Crippen LogP contribution in [0.15, 0.2) is 6.07 Å². The SMILES string of the molecule is COc1c(C2CCCNC2)cc(F)c(Cl)c1F. The molecule has 1 aliphatic rings. The van der Waals surface area contributed by atoms with E-state index in [0.717, 1.165) is 19.4 Å². The summed E-state index contributed by atoms with van der Waals surface area (Å²) in [4.78, 5) is 0. The zero-order chi connectivity index (χ0) is 12.4. The van der Waals surface area contributed by atoms with Crippen LogP contribution in [0.5, 0.6) is 5.75 Å². The highest BCUT2D eigenvalue weighted by molar-refractivity contribution is 6.31. The number of hydrogen-bond acceptors (Lipinski definition) is 2. The summed E-state index contributed by atoms with van der Waals surface area (Å²) in [6.07, 6.45) is 1.88. The predicted molar refractivity (Wildman–Crippen MR) is 62.8 cm³/mol. The zero-order valence-electron chi connectivity index (χ0n) is 9.53. The molecular weight excluding hydrogens is 248 g/mol. The van der Waals surface area contributed by atoms with Crippen LogP contribution in [0.4, 0.5) is 8.78 Å². The molecule has 1 unspecified atom stereocenters. The van der Waals surface area contributed by atoms with Gasteiger partial charge in [-0.05, 0) is 25.5 Å². The Labute approximate surface area is 104 Å². The molecule has 0 saturated carbocycles. The number of hydrogen-bond donors (Lipinski definition) is 1. The van der Waals surface area contributed by atoms with Crippen LogP contribution in [0, 0.1) is 11.6 Å². The van der Waals surface area contributed by atoms with Crippen molar-refractivity contribution in [3.8, 4) is 5.75 Å². The third kappa shape index (κ3) is 2.38. The number of piperidine rings is 1. The molecule has 1 aromatic rings. The fourth-order valence-electron chi connectivity index (χ4n) is 2.22. The van der Waals surface area contributed by atoms with Gasteiger partial charge in [-0.1, -0.05) is 11.6 Å². The van der Waals surface area contributed by atoms with Gasteiger partial charge in [0.25, 0.3) is 0 Å². The van der Waals surface area contributed by atoms with Gasteiger partial charge in [0.15, 0.2) is 11.6 Å². The van der Waals surface area contributed by atoms with E-state index < -0.39 is 16.7 Å². The summed E-state index contributed by atoms with van der Waals surface area (Å²) in [5.74, 6) is -1.41. The maximum absolute atomic E-state index is 13.8. The maximum atomic E-state index is 13.8. The van der Waals surface area contributed by atoms with Crippen LogP contribution < -0.4 is 10.1 Å². The van der Waals surface area contributed by atoms with Crippen molar-refractivity contribution < 1.29 is 13.5 Å². The van der Waals surface area contributed by atoms with Crippen molar-refractivity contribution in [2.24, 2.45) is 0 Å². The van der Waals surface area contributed by atoms with Crippen LogP contribution >= 0.6 is 11.6 Å². The van der Waals surface area contributed by atoms with E-state index in [-0.39, 0.29) is 11.7 Å². The topological polar surface area (TPSA) is 21.3 Å². The summed E-state index contributed by atoms with van der Waals surface area (Å²) in [6, 6.07) is 1.28. The molecule has 0 aliphatic carbocycles. The molecule has 0 radical (unpaired) electrons. The molecule has 1 aliphatic heterocycles. The first-order valence-corrected chi connectivity index (χ1v) is 5.95. The molecule has 0 amide bonds. The van der Waals surface area contributed by atoms with Crippen molar-refractivity contribution in [1.29, 1.82) is 0 Å². The second-order valence-corrected chi connectivity index (χ2v) is 4.53. The molecule has 0 aromatic heterocycles. The number of methoxy groups -OCH3 is 1. The first-order valence-electron chi connectivity index (χ1n) is 5.57. The molecule has 0 bridgehead atoms. The lowest BCUT2D eigenvalue weighted by Crippen LogP contribution is -2.28. The van der Waals surface area contributed by atoms with Gasteiger partial charge in [-0.15, -0.1) is 0 Å². The molecule has 5 heteroatoms. The van der Waals surface area contributed by atoms with Crippen molar-refractivity contribution in [2.75, 3.05) is 20.2 Å². The Hall–Kier alpha value is -0.870. The van der Waals surface area contributed by atoms with Gasteiger partial charge in [0.05, 0.1) is 7.11 Å². The van der Waals surface area contributed by atoms with Crippen molar-refractivity contribution >= 4 is 11.6 Å². The summed E-state index contributed by atoms with van der Waals surface area (Å²) in [5, 5.41) is 2.70. The summed E-state index contributed by atoms with van der Waals surface area (Å²) in [5.41, 5.74) is 0.555. The molecule has 17 heavy (non-hydrogen) atoms. The smallest absolute Gasteiger partial charge is 0.186 e. The van der Waals surface area contributed by atoms with Gasteiger partial charge in [0, 0.05) is 18.0 Å². The van der Waals surface area contributed by atoms with E-state index in [0.29, 0.717) is 12.1 Å². The average Bonchev–Trinajstić information content (AvgIpc) is 2.36. The Morgan fingerprint density at radius 3 is 2.82 bits per heavy atom. The summed E-state index contributed by atoms with van der Waals surface area (Å²) < 4.78 is 32.2. The quantitative estimate of drug-likeness (QED) is 0.826. The standard InChI is InChI=1S/C12H14ClF2NO/c1-17-12-8(7-3-2-4-16-6-7)5-9(14)10(13)11(12)15/h5,7,16H,2-4,6H2,1H3. The van der Waals surface area contributed by atoms with Gasteiger partial charge in [-0.2, -0.15) is 0 Å². The fraction of sp³-hybridized carbons (Fsp3) is 0.500. The molecule has 94 valence electrons. The van der Waals surface area contributed by atoms with Crippen molar-refractivity contribution in [2.45, 2.75) is 18.8 Å². The van der Waals surface area contributed by atoms with E-state index in [9.17, 15) is 8.78 Å². The Morgan fingerprint density at radius 1 is 1.47 bits per heavy atom. The van der Waals surface area contributed by atoms with E-state index in [1.165, 1.54) is 13.2 Å². The number of halogens is 3. The molecule has 2 rings (SSSR count). The van der Waals surface area contributed by atoms with Crippen LogP contribution in [0.25, 0.3) is 0 Å². The summed E-state index contributed by atoms with van der Waals surface area (Å²) >= 11 is 5.53.